The van der Waals surface area contributed by atoms with Crippen molar-refractivity contribution in [3.63, 3.8) is 0 Å². The van der Waals surface area contributed by atoms with E-state index in [0.717, 1.165) is 45.1 Å². The Morgan fingerprint density at radius 2 is 2.05 bits per heavy atom. The number of hydrogen-bond acceptors (Lipinski definition) is 5. The van der Waals surface area contributed by atoms with Crippen LogP contribution in [0.3, 0.4) is 0 Å². The summed E-state index contributed by atoms with van der Waals surface area (Å²) in [6, 6.07) is 0. The number of esters is 1. The van der Waals surface area contributed by atoms with Crippen molar-refractivity contribution in [1.29, 1.82) is 0 Å². The number of ether oxygens (including phenoxy) is 2. The van der Waals surface area contributed by atoms with E-state index in [0.29, 0.717) is 11.3 Å². The Labute approximate surface area is 118 Å². The molecule has 1 aliphatic heterocycles. The quantitative estimate of drug-likeness (QED) is 0.794. The molecule has 0 N–H and O–H groups in total. The van der Waals surface area contributed by atoms with Gasteiger partial charge in [-0.25, -0.2) is 14.8 Å². The normalized spacial score (nSPS) is 23.7. The molecule has 3 rings (SSSR count). The number of carbonyl (C=O) groups excluding carboxylic acids is 1. The van der Waals surface area contributed by atoms with Crippen LogP contribution in [-0.2, 0) is 9.47 Å². The third kappa shape index (κ3) is 2.98. The molecule has 1 aliphatic carbocycles. The van der Waals surface area contributed by atoms with Crippen molar-refractivity contribution in [2.75, 3.05) is 6.61 Å². The largest absolute Gasteiger partial charge is 0.459 e. The van der Waals surface area contributed by atoms with E-state index in [4.69, 9.17) is 9.47 Å². The zero-order chi connectivity index (χ0) is 13.8. The highest BCUT2D eigenvalue weighted by Crippen LogP contribution is 2.30. The van der Waals surface area contributed by atoms with Crippen LogP contribution in [-0.4, -0.2) is 28.6 Å². The number of nitrogens with zero attached hydrogens (tertiary/aromatic N) is 2. The summed E-state index contributed by atoms with van der Waals surface area (Å²) in [6.07, 6.45) is 10.3. The third-order valence-electron chi connectivity index (χ3n) is 4.02. The van der Waals surface area contributed by atoms with Crippen LogP contribution in [0.15, 0.2) is 12.5 Å². The molecule has 2 fully saturated rings. The van der Waals surface area contributed by atoms with Gasteiger partial charge in [0.2, 0.25) is 0 Å². The van der Waals surface area contributed by atoms with Gasteiger partial charge in [0.15, 0.2) is 0 Å². The summed E-state index contributed by atoms with van der Waals surface area (Å²) < 4.78 is 11.2. The molecule has 0 spiro atoms. The first-order valence-corrected chi connectivity index (χ1v) is 7.47. The van der Waals surface area contributed by atoms with E-state index in [2.05, 4.69) is 9.97 Å². The number of rotatable bonds is 3. The van der Waals surface area contributed by atoms with Crippen LogP contribution in [0, 0.1) is 0 Å². The van der Waals surface area contributed by atoms with E-state index < -0.39 is 0 Å². The minimum absolute atomic E-state index is 0.0498. The summed E-state index contributed by atoms with van der Waals surface area (Å²) in [6.45, 7) is 0.728. The lowest BCUT2D eigenvalue weighted by Gasteiger charge is -2.22. The fourth-order valence-electron chi connectivity index (χ4n) is 2.94. The summed E-state index contributed by atoms with van der Waals surface area (Å²) in [5.74, 6) is -0.303. The molecule has 0 aromatic carbocycles. The van der Waals surface area contributed by atoms with Gasteiger partial charge in [0, 0.05) is 12.8 Å². The molecule has 1 saturated heterocycles. The van der Waals surface area contributed by atoms with Gasteiger partial charge in [-0.05, 0) is 38.5 Å². The molecule has 5 nitrogen and oxygen atoms in total. The predicted molar refractivity (Wildman–Crippen MR) is 72.2 cm³/mol. The highest BCUT2D eigenvalue weighted by Gasteiger charge is 2.27. The van der Waals surface area contributed by atoms with Crippen LogP contribution in [0.25, 0.3) is 0 Å². The van der Waals surface area contributed by atoms with Crippen molar-refractivity contribution < 1.29 is 14.3 Å². The molecule has 2 aliphatic rings. The lowest BCUT2D eigenvalue weighted by Crippen LogP contribution is -2.22. The van der Waals surface area contributed by atoms with E-state index in [1.165, 1.54) is 12.7 Å². The average Bonchev–Trinajstić information content (AvgIpc) is 3.02. The van der Waals surface area contributed by atoms with Crippen LogP contribution in [0.5, 0.6) is 0 Å². The molecule has 1 atom stereocenters. The van der Waals surface area contributed by atoms with E-state index in [1.54, 1.807) is 6.20 Å². The Balaban J connectivity index is 1.73. The maximum Gasteiger partial charge on any atom is 0.341 e. The Kier molecular flexibility index (Phi) is 4.25. The van der Waals surface area contributed by atoms with Gasteiger partial charge in [0.1, 0.15) is 24.1 Å². The molecular weight excluding hydrogens is 256 g/mol. The SMILES string of the molecule is O=C(OC1CCCCC1)c1cncnc1C1CCCO1. The van der Waals surface area contributed by atoms with E-state index in [-0.39, 0.29) is 18.2 Å². The van der Waals surface area contributed by atoms with Crippen LogP contribution in [0.2, 0.25) is 0 Å². The molecule has 0 amide bonds. The standard InChI is InChI=1S/C15H20N2O3/c18-15(20-11-5-2-1-3-6-11)12-9-16-10-17-14(12)13-7-4-8-19-13/h9-11,13H,1-8H2. The van der Waals surface area contributed by atoms with Crippen LogP contribution in [0.4, 0.5) is 0 Å². The Morgan fingerprint density at radius 3 is 2.80 bits per heavy atom. The minimum Gasteiger partial charge on any atom is -0.459 e. The topological polar surface area (TPSA) is 61.3 Å². The Morgan fingerprint density at radius 1 is 1.20 bits per heavy atom. The smallest absolute Gasteiger partial charge is 0.341 e. The highest BCUT2D eigenvalue weighted by atomic mass is 16.5. The lowest BCUT2D eigenvalue weighted by molar-refractivity contribution is 0.0201. The maximum atomic E-state index is 12.3. The van der Waals surface area contributed by atoms with Crippen molar-refractivity contribution in [2.45, 2.75) is 57.2 Å². The van der Waals surface area contributed by atoms with Gasteiger partial charge in [0.25, 0.3) is 0 Å². The fourth-order valence-corrected chi connectivity index (χ4v) is 2.94. The second-order valence-corrected chi connectivity index (χ2v) is 5.49. The van der Waals surface area contributed by atoms with Gasteiger partial charge < -0.3 is 9.47 Å². The van der Waals surface area contributed by atoms with E-state index in [1.807, 2.05) is 0 Å². The monoisotopic (exact) mass is 276 g/mol. The molecular formula is C15H20N2O3. The summed E-state index contributed by atoms with van der Waals surface area (Å²) >= 11 is 0. The van der Waals surface area contributed by atoms with Crippen molar-refractivity contribution in [3.8, 4) is 0 Å². The first kappa shape index (κ1) is 13.5. The maximum absolute atomic E-state index is 12.3. The van der Waals surface area contributed by atoms with E-state index in [9.17, 15) is 4.79 Å². The Hall–Kier alpha value is -1.49. The first-order chi connectivity index (χ1) is 9.84. The summed E-state index contributed by atoms with van der Waals surface area (Å²) in [7, 11) is 0. The van der Waals surface area contributed by atoms with E-state index >= 15 is 0 Å². The molecule has 1 saturated carbocycles. The van der Waals surface area contributed by atoms with Crippen molar-refractivity contribution >= 4 is 5.97 Å². The van der Waals surface area contributed by atoms with Crippen LogP contribution < -0.4 is 0 Å². The number of hydrogen-bond donors (Lipinski definition) is 0. The van der Waals surface area contributed by atoms with Crippen molar-refractivity contribution in [3.05, 3.63) is 23.8 Å². The molecule has 0 radical (unpaired) electrons. The minimum atomic E-state index is -0.303. The molecule has 1 aromatic rings. The van der Waals surface area contributed by atoms with Gasteiger partial charge in [-0.15, -0.1) is 0 Å². The van der Waals surface area contributed by atoms with Gasteiger partial charge >= 0.3 is 5.97 Å². The lowest BCUT2D eigenvalue weighted by atomic mass is 9.98. The molecule has 0 bridgehead atoms. The third-order valence-corrected chi connectivity index (χ3v) is 4.02. The van der Waals surface area contributed by atoms with Gasteiger partial charge in [0.05, 0.1) is 5.69 Å². The Bertz CT molecular complexity index is 466. The van der Waals surface area contributed by atoms with Gasteiger partial charge in [-0.1, -0.05) is 6.42 Å². The second-order valence-electron chi connectivity index (χ2n) is 5.49. The summed E-state index contributed by atoms with van der Waals surface area (Å²) in [5.41, 5.74) is 1.14. The molecule has 20 heavy (non-hydrogen) atoms. The first-order valence-electron chi connectivity index (χ1n) is 7.47. The van der Waals surface area contributed by atoms with Crippen molar-refractivity contribution in [1.82, 2.24) is 9.97 Å². The zero-order valence-electron chi connectivity index (χ0n) is 11.6. The van der Waals surface area contributed by atoms with Crippen LogP contribution in [0.1, 0.15) is 67.1 Å². The van der Waals surface area contributed by atoms with Crippen molar-refractivity contribution in [2.24, 2.45) is 0 Å². The molecule has 108 valence electrons. The molecule has 2 heterocycles. The average molecular weight is 276 g/mol. The molecule has 1 unspecified atom stereocenters. The van der Waals surface area contributed by atoms with Gasteiger partial charge in [-0.3, -0.25) is 0 Å². The predicted octanol–water partition coefficient (Wildman–Crippen LogP) is 2.82. The number of aromatic nitrogens is 2. The highest BCUT2D eigenvalue weighted by molar-refractivity contribution is 5.90. The summed E-state index contributed by atoms with van der Waals surface area (Å²) in [5, 5.41) is 0. The second kappa shape index (κ2) is 6.31. The fraction of sp³-hybridized carbons (Fsp3) is 0.667. The van der Waals surface area contributed by atoms with Gasteiger partial charge in [-0.2, -0.15) is 0 Å². The number of carbonyl (C=O) groups is 1. The van der Waals surface area contributed by atoms with Crippen LogP contribution >= 0.6 is 0 Å². The molecule has 1 aromatic heterocycles. The summed E-state index contributed by atoms with van der Waals surface area (Å²) in [4.78, 5) is 20.5. The zero-order valence-corrected chi connectivity index (χ0v) is 11.6. The molecule has 5 heteroatoms.